The molecule has 1 unspecified atom stereocenters. The van der Waals surface area contributed by atoms with Crippen LogP contribution in [-0.2, 0) is 13.6 Å². The fraction of sp³-hybridized carbons (Fsp3) is 0.895. The predicted octanol–water partition coefficient (Wildman–Crippen LogP) is 4.99. The van der Waals surface area contributed by atoms with Crippen molar-refractivity contribution in [2.75, 3.05) is 27.9 Å². The lowest BCUT2D eigenvalue weighted by Gasteiger charge is -2.47. The smallest absolute Gasteiger partial charge is 0.370 e. The van der Waals surface area contributed by atoms with Crippen molar-refractivity contribution in [2.45, 2.75) is 83.4 Å². The number of hydrogen-bond acceptors (Lipinski definition) is 4. The Morgan fingerprint density at radius 2 is 1.67 bits per heavy atom. The molecule has 24 heavy (non-hydrogen) atoms. The van der Waals surface area contributed by atoms with Crippen molar-refractivity contribution in [1.82, 2.24) is 0 Å². The van der Waals surface area contributed by atoms with Gasteiger partial charge in [-0.25, -0.2) is 0 Å². The van der Waals surface area contributed by atoms with Gasteiger partial charge in [0, 0.05) is 27.9 Å². The molecule has 1 saturated heterocycles. The summed E-state index contributed by atoms with van der Waals surface area (Å²) in [5.41, 5.74) is 0. The van der Waals surface area contributed by atoms with Gasteiger partial charge in [0.25, 0.3) is 0 Å². The summed E-state index contributed by atoms with van der Waals surface area (Å²) < 4.78 is 17.4. The Hall–Kier alpha value is -0.203. The first-order chi connectivity index (χ1) is 11.5. The summed E-state index contributed by atoms with van der Waals surface area (Å²) in [6, 6.07) is 1.06. The second-order valence-corrected chi connectivity index (χ2v) is 9.89. The molecule has 0 radical (unpaired) electrons. The Kier molecular flexibility index (Phi) is 17.7. The molecule has 0 saturated carbocycles. The molecule has 1 heterocycles. The van der Waals surface area contributed by atoms with E-state index < -0.39 is 8.56 Å². The molecule has 5 heteroatoms. The number of rotatable bonds is 8. The molecular weight excluding hydrogens is 320 g/mol. The van der Waals surface area contributed by atoms with E-state index in [1.807, 2.05) is 6.92 Å². The molecule has 1 fully saturated rings. The third kappa shape index (κ3) is 8.25. The minimum atomic E-state index is -2.15. The first kappa shape index (κ1) is 26.0. The molecule has 0 bridgehead atoms. The van der Waals surface area contributed by atoms with Crippen LogP contribution in [0.5, 0.6) is 0 Å². The van der Waals surface area contributed by atoms with Gasteiger partial charge in [-0.1, -0.05) is 52.0 Å². The van der Waals surface area contributed by atoms with Crippen molar-refractivity contribution in [2.24, 2.45) is 0 Å². The summed E-state index contributed by atoms with van der Waals surface area (Å²) >= 11 is 0. The summed E-state index contributed by atoms with van der Waals surface area (Å²) in [5.74, 6) is 0. The van der Waals surface area contributed by atoms with Crippen LogP contribution < -0.4 is 0 Å². The van der Waals surface area contributed by atoms with Gasteiger partial charge in [0.2, 0.25) is 0 Å². The highest BCUT2D eigenvalue weighted by Gasteiger charge is 2.58. The van der Waals surface area contributed by atoms with Gasteiger partial charge in [-0.15, -0.1) is 6.58 Å². The first-order valence-corrected chi connectivity index (χ1v) is 11.4. The Labute approximate surface area is 151 Å². The second-order valence-electron chi connectivity index (χ2n) is 6.16. The van der Waals surface area contributed by atoms with Crippen LogP contribution in [0.15, 0.2) is 12.7 Å². The van der Waals surface area contributed by atoms with Crippen LogP contribution in [-0.4, -0.2) is 46.8 Å². The van der Waals surface area contributed by atoms with E-state index in [0.29, 0.717) is 6.61 Å². The molecule has 0 aromatic carbocycles. The van der Waals surface area contributed by atoms with E-state index in [2.05, 4.69) is 20.4 Å². The molecule has 4 nitrogen and oxygen atoms in total. The summed E-state index contributed by atoms with van der Waals surface area (Å²) in [6.45, 7) is 9.92. The van der Waals surface area contributed by atoms with Gasteiger partial charge >= 0.3 is 8.56 Å². The Morgan fingerprint density at radius 1 is 1.08 bits per heavy atom. The second kappa shape index (κ2) is 16.3. The van der Waals surface area contributed by atoms with Gasteiger partial charge in [-0.3, -0.25) is 0 Å². The third-order valence-electron chi connectivity index (χ3n) is 4.50. The van der Waals surface area contributed by atoms with Gasteiger partial charge in [-0.2, -0.15) is 0 Å². The number of hydrogen-bond donors (Lipinski definition) is 1. The van der Waals surface area contributed by atoms with Crippen LogP contribution in [0.4, 0.5) is 0 Å². The maximum absolute atomic E-state index is 8.20. The lowest BCUT2D eigenvalue weighted by Crippen LogP contribution is -2.64. The van der Waals surface area contributed by atoms with Crippen molar-refractivity contribution in [1.29, 1.82) is 0 Å². The maximum atomic E-state index is 8.20. The molecule has 1 atom stereocenters. The number of allylic oxidation sites excluding steroid dienone is 1. The number of ether oxygens (including phenoxy) is 1. The number of aliphatic hydroxyl groups is 1. The lowest BCUT2D eigenvalue weighted by molar-refractivity contribution is -0.0149. The number of methoxy groups -OCH3 is 1. The van der Waals surface area contributed by atoms with Gasteiger partial charge < -0.3 is 18.7 Å². The fourth-order valence-electron chi connectivity index (χ4n) is 3.29. The van der Waals surface area contributed by atoms with E-state index in [-0.39, 0.29) is 5.22 Å². The topological polar surface area (TPSA) is 47.9 Å². The van der Waals surface area contributed by atoms with Crippen LogP contribution in [0.1, 0.15) is 72.1 Å². The Morgan fingerprint density at radius 3 is 2.00 bits per heavy atom. The molecule has 1 aliphatic rings. The van der Waals surface area contributed by atoms with E-state index >= 15 is 0 Å². The molecule has 1 aliphatic heterocycles. The van der Waals surface area contributed by atoms with Crippen molar-refractivity contribution in [3.05, 3.63) is 12.7 Å². The van der Waals surface area contributed by atoms with Crippen LogP contribution in [0, 0.1) is 0 Å². The van der Waals surface area contributed by atoms with Crippen molar-refractivity contribution >= 4 is 8.56 Å². The highest BCUT2D eigenvalue weighted by Crippen LogP contribution is 2.42. The molecule has 0 spiro atoms. The van der Waals surface area contributed by atoms with E-state index in [0.717, 1.165) is 38.1 Å². The van der Waals surface area contributed by atoms with E-state index in [1.165, 1.54) is 19.3 Å². The predicted molar refractivity (Wildman–Crippen MR) is 106 cm³/mol. The zero-order valence-electron chi connectivity index (χ0n) is 17.0. The quantitative estimate of drug-likeness (QED) is 0.375. The molecule has 1 rings (SSSR count). The van der Waals surface area contributed by atoms with Crippen LogP contribution in [0.2, 0.25) is 6.04 Å². The first-order valence-electron chi connectivity index (χ1n) is 9.36. The fourth-order valence-corrected chi connectivity index (χ4v) is 7.28. The normalized spacial score (nSPS) is 21.8. The van der Waals surface area contributed by atoms with Crippen molar-refractivity contribution in [3.8, 4) is 0 Å². The van der Waals surface area contributed by atoms with E-state index in [4.69, 9.17) is 18.7 Å². The van der Waals surface area contributed by atoms with Crippen LogP contribution in [0.3, 0.4) is 0 Å². The van der Waals surface area contributed by atoms with Crippen LogP contribution in [0.25, 0.3) is 0 Å². The van der Waals surface area contributed by atoms with Crippen molar-refractivity contribution < 1.29 is 18.7 Å². The molecular formula is C19H42O4Si. The van der Waals surface area contributed by atoms with Crippen LogP contribution >= 0.6 is 0 Å². The number of aliphatic hydroxyl groups excluding tert-OH is 1. The minimum absolute atomic E-state index is 0.122. The highest BCUT2D eigenvalue weighted by atomic mass is 28.4. The number of unbranched alkanes of at least 4 members (excludes halogenated alkanes) is 2. The molecule has 146 valence electrons. The summed E-state index contributed by atoms with van der Waals surface area (Å²) in [5, 5.41) is 8.08. The largest absolute Gasteiger partial charge is 0.396 e. The molecule has 0 aromatic rings. The van der Waals surface area contributed by atoms with Crippen molar-refractivity contribution in [3.63, 3.8) is 0 Å². The average molecular weight is 363 g/mol. The molecule has 1 N–H and O–H groups in total. The van der Waals surface area contributed by atoms with E-state index in [1.54, 1.807) is 27.4 Å². The highest BCUT2D eigenvalue weighted by molar-refractivity contribution is 6.70. The Balaban J connectivity index is 0. The third-order valence-corrected chi connectivity index (χ3v) is 8.92. The van der Waals surface area contributed by atoms with E-state index in [9.17, 15) is 0 Å². The SMILES string of the molecule is C=CC.CCCC1(OC)CCCC[Si]1(OC)OC.CCCCCO. The zero-order chi connectivity index (χ0) is 18.9. The van der Waals surface area contributed by atoms with Gasteiger partial charge in [0.05, 0.1) is 0 Å². The standard InChI is InChI=1S/C11H24O3Si.C5H12O.C3H6/c1-5-8-11(12-2)9-6-7-10-15(11,13-3)14-4;1-2-3-4-5-6;1-3-2/h5-10H2,1-4H3;6H,2-5H2,1H3;3H,1H2,2H3. The maximum Gasteiger partial charge on any atom is 0.370 e. The molecule has 0 amide bonds. The molecule has 0 aliphatic carbocycles. The molecule has 0 aromatic heterocycles. The summed E-state index contributed by atoms with van der Waals surface area (Å²) in [7, 11) is 3.22. The Bertz CT molecular complexity index is 275. The monoisotopic (exact) mass is 362 g/mol. The summed E-state index contributed by atoms with van der Waals surface area (Å²) in [6.07, 6.45) is 10.8. The zero-order valence-corrected chi connectivity index (χ0v) is 18.0. The van der Waals surface area contributed by atoms with Gasteiger partial charge in [-0.05, 0) is 32.2 Å². The summed E-state index contributed by atoms with van der Waals surface area (Å²) in [4.78, 5) is 0. The van der Waals surface area contributed by atoms with Gasteiger partial charge in [0.1, 0.15) is 5.22 Å². The lowest BCUT2D eigenvalue weighted by atomic mass is 10.1. The minimum Gasteiger partial charge on any atom is -0.396 e. The van der Waals surface area contributed by atoms with Gasteiger partial charge in [0.15, 0.2) is 0 Å². The average Bonchev–Trinajstić information content (AvgIpc) is 2.62.